The van der Waals surface area contributed by atoms with Crippen LogP contribution in [0.15, 0.2) is 18.2 Å². The van der Waals surface area contributed by atoms with E-state index >= 15 is 0 Å². The highest BCUT2D eigenvalue weighted by Gasteiger charge is 2.14. The summed E-state index contributed by atoms with van der Waals surface area (Å²) in [5.74, 6) is 0.542. The maximum Gasteiger partial charge on any atom is 0.246 e. The molecule has 0 saturated carbocycles. The average Bonchev–Trinajstić information content (AvgIpc) is 2.54. The van der Waals surface area contributed by atoms with Gasteiger partial charge in [-0.15, -0.1) is 0 Å². The van der Waals surface area contributed by atoms with Crippen LogP contribution in [0, 0.1) is 0 Å². The number of carbonyl (C=O) groups is 1. The lowest BCUT2D eigenvalue weighted by atomic mass is 10.1. The van der Waals surface area contributed by atoms with Crippen molar-refractivity contribution >= 4 is 12.0 Å². The molecule has 1 aliphatic heterocycles. The van der Waals surface area contributed by atoms with Crippen molar-refractivity contribution in [3.8, 4) is 17.2 Å². The first-order chi connectivity index (χ1) is 10.2. The predicted octanol–water partition coefficient (Wildman–Crippen LogP) is 0.854. The van der Waals surface area contributed by atoms with E-state index in [-0.39, 0.29) is 11.7 Å². The number of piperazine rings is 1. The molecule has 1 saturated heterocycles. The number of nitrogens with zero attached hydrogens (tertiary/aromatic N) is 1. The fourth-order valence-corrected chi connectivity index (χ4v) is 2.17. The van der Waals surface area contributed by atoms with E-state index in [0.717, 1.165) is 18.7 Å². The van der Waals surface area contributed by atoms with Crippen molar-refractivity contribution in [2.75, 3.05) is 40.4 Å². The molecule has 2 rings (SSSR count). The molecule has 0 bridgehead atoms. The van der Waals surface area contributed by atoms with Crippen LogP contribution in [-0.4, -0.2) is 56.3 Å². The van der Waals surface area contributed by atoms with Crippen LogP contribution in [0.1, 0.15) is 5.56 Å². The fraction of sp³-hybridized carbons (Fsp3) is 0.400. The van der Waals surface area contributed by atoms with Crippen LogP contribution in [0.3, 0.4) is 0 Å². The molecule has 0 unspecified atom stereocenters. The Kier molecular flexibility index (Phi) is 5.05. The lowest BCUT2D eigenvalue weighted by Gasteiger charge is -2.26. The molecule has 1 fully saturated rings. The molecule has 6 nitrogen and oxygen atoms in total. The van der Waals surface area contributed by atoms with Gasteiger partial charge in [-0.2, -0.15) is 0 Å². The van der Waals surface area contributed by atoms with Gasteiger partial charge in [0.05, 0.1) is 14.2 Å². The van der Waals surface area contributed by atoms with Crippen molar-refractivity contribution in [2.45, 2.75) is 0 Å². The number of amides is 1. The second-order valence-electron chi connectivity index (χ2n) is 4.68. The van der Waals surface area contributed by atoms with Crippen LogP contribution in [0.5, 0.6) is 17.2 Å². The molecule has 1 heterocycles. The molecule has 6 heteroatoms. The number of ether oxygens (including phenoxy) is 2. The van der Waals surface area contributed by atoms with Crippen molar-refractivity contribution in [2.24, 2.45) is 0 Å². The number of carbonyl (C=O) groups excluding carboxylic acids is 1. The largest absolute Gasteiger partial charge is 0.502 e. The minimum atomic E-state index is -0.0504. The Morgan fingerprint density at radius 1 is 1.24 bits per heavy atom. The summed E-state index contributed by atoms with van der Waals surface area (Å²) < 4.78 is 10.2. The summed E-state index contributed by atoms with van der Waals surface area (Å²) in [6.07, 6.45) is 3.21. The zero-order valence-corrected chi connectivity index (χ0v) is 12.3. The number of methoxy groups -OCH3 is 2. The molecule has 0 spiro atoms. The van der Waals surface area contributed by atoms with Gasteiger partial charge < -0.3 is 24.8 Å². The molecule has 0 aromatic heterocycles. The summed E-state index contributed by atoms with van der Waals surface area (Å²) in [5, 5.41) is 13.0. The van der Waals surface area contributed by atoms with E-state index in [4.69, 9.17) is 9.47 Å². The molecule has 1 aromatic carbocycles. The zero-order chi connectivity index (χ0) is 15.2. The van der Waals surface area contributed by atoms with Crippen molar-refractivity contribution in [3.63, 3.8) is 0 Å². The summed E-state index contributed by atoms with van der Waals surface area (Å²) >= 11 is 0. The predicted molar refractivity (Wildman–Crippen MR) is 79.7 cm³/mol. The third-order valence-corrected chi connectivity index (χ3v) is 3.35. The number of hydrogen-bond acceptors (Lipinski definition) is 5. The Bertz CT molecular complexity index is 511. The molecule has 1 amide bonds. The van der Waals surface area contributed by atoms with Gasteiger partial charge in [-0.25, -0.2) is 0 Å². The first-order valence-corrected chi connectivity index (χ1v) is 6.78. The first-order valence-electron chi connectivity index (χ1n) is 6.78. The van der Waals surface area contributed by atoms with Crippen LogP contribution in [-0.2, 0) is 4.79 Å². The Hall–Kier alpha value is -2.21. The van der Waals surface area contributed by atoms with E-state index in [1.807, 2.05) is 0 Å². The van der Waals surface area contributed by atoms with Gasteiger partial charge in [-0.1, -0.05) is 0 Å². The third kappa shape index (κ3) is 3.66. The molecule has 21 heavy (non-hydrogen) atoms. The van der Waals surface area contributed by atoms with E-state index in [9.17, 15) is 9.90 Å². The molecule has 114 valence electrons. The molecule has 1 aromatic rings. The Balaban J connectivity index is 2.14. The summed E-state index contributed by atoms with van der Waals surface area (Å²) in [7, 11) is 2.93. The van der Waals surface area contributed by atoms with Crippen molar-refractivity contribution in [3.05, 3.63) is 23.8 Å². The molecule has 0 radical (unpaired) electrons. The van der Waals surface area contributed by atoms with E-state index in [2.05, 4.69) is 5.32 Å². The number of hydrogen-bond donors (Lipinski definition) is 2. The Labute approximate surface area is 124 Å². The molecular weight excluding hydrogens is 272 g/mol. The van der Waals surface area contributed by atoms with Gasteiger partial charge >= 0.3 is 0 Å². The van der Waals surface area contributed by atoms with Crippen molar-refractivity contribution in [1.29, 1.82) is 0 Å². The number of nitrogens with one attached hydrogen (secondary N) is 1. The van der Waals surface area contributed by atoms with Gasteiger partial charge in [-0.3, -0.25) is 4.79 Å². The van der Waals surface area contributed by atoms with E-state index in [1.54, 1.807) is 23.1 Å². The highest BCUT2D eigenvalue weighted by molar-refractivity contribution is 5.92. The Morgan fingerprint density at radius 3 is 2.33 bits per heavy atom. The van der Waals surface area contributed by atoms with E-state index in [1.165, 1.54) is 20.3 Å². The van der Waals surface area contributed by atoms with Gasteiger partial charge in [0.25, 0.3) is 0 Å². The fourth-order valence-electron chi connectivity index (χ4n) is 2.17. The van der Waals surface area contributed by atoms with Crippen molar-refractivity contribution in [1.82, 2.24) is 10.2 Å². The van der Waals surface area contributed by atoms with Crippen LogP contribution < -0.4 is 14.8 Å². The van der Waals surface area contributed by atoms with Gasteiger partial charge in [-0.05, 0) is 23.8 Å². The highest BCUT2D eigenvalue weighted by atomic mass is 16.5. The van der Waals surface area contributed by atoms with Gasteiger partial charge in [0.1, 0.15) is 0 Å². The summed E-state index contributed by atoms with van der Waals surface area (Å²) in [6.45, 7) is 3.07. The maximum atomic E-state index is 12.0. The highest BCUT2D eigenvalue weighted by Crippen LogP contribution is 2.37. The van der Waals surface area contributed by atoms with Crippen LogP contribution >= 0.6 is 0 Å². The Morgan fingerprint density at radius 2 is 1.81 bits per heavy atom. The number of rotatable bonds is 4. The van der Waals surface area contributed by atoms with Gasteiger partial charge in [0.15, 0.2) is 11.5 Å². The average molecular weight is 292 g/mol. The lowest BCUT2D eigenvalue weighted by molar-refractivity contribution is -0.126. The minimum absolute atomic E-state index is 0.0255. The lowest BCUT2D eigenvalue weighted by Crippen LogP contribution is -2.45. The molecule has 0 atom stereocenters. The van der Waals surface area contributed by atoms with Gasteiger partial charge in [0, 0.05) is 32.3 Å². The number of aromatic hydroxyl groups is 1. The number of benzene rings is 1. The summed E-state index contributed by atoms with van der Waals surface area (Å²) in [5.41, 5.74) is 0.727. The van der Waals surface area contributed by atoms with Crippen molar-refractivity contribution < 1.29 is 19.4 Å². The standard InChI is InChI=1S/C15H20N2O4/c1-20-12-9-11(10-13(21-2)15(12)19)3-4-14(18)17-7-5-16-6-8-17/h3-4,9-10,16,19H,5-8H2,1-2H3. The third-order valence-electron chi connectivity index (χ3n) is 3.35. The second kappa shape index (κ2) is 6.99. The second-order valence-corrected chi connectivity index (χ2v) is 4.68. The quantitative estimate of drug-likeness (QED) is 0.805. The van der Waals surface area contributed by atoms with E-state index < -0.39 is 0 Å². The van der Waals surface area contributed by atoms with E-state index in [0.29, 0.717) is 24.6 Å². The number of phenolic OH excluding ortho intramolecular Hbond substituents is 1. The molecule has 2 N–H and O–H groups in total. The molecule has 0 aliphatic carbocycles. The van der Waals surface area contributed by atoms with Crippen LogP contribution in [0.2, 0.25) is 0 Å². The maximum absolute atomic E-state index is 12.0. The summed E-state index contributed by atoms with van der Waals surface area (Å²) in [4.78, 5) is 13.8. The van der Waals surface area contributed by atoms with Crippen LogP contribution in [0.25, 0.3) is 6.08 Å². The van der Waals surface area contributed by atoms with Crippen LogP contribution in [0.4, 0.5) is 0 Å². The number of phenols is 1. The SMILES string of the molecule is COc1cc(C=CC(=O)N2CCNCC2)cc(OC)c1O. The minimum Gasteiger partial charge on any atom is -0.502 e. The smallest absolute Gasteiger partial charge is 0.246 e. The monoisotopic (exact) mass is 292 g/mol. The molecule has 1 aliphatic rings. The normalized spacial score (nSPS) is 15.2. The molecular formula is C15H20N2O4. The van der Waals surface area contributed by atoms with Gasteiger partial charge in [0.2, 0.25) is 11.7 Å². The first kappa shape index (κ1) is 15.2. The zero-order valence-electron chi connectivity index (χ0n) is 12.3. The summed E-state index contributed by atoms with van der Waals surface area (Å²) in [6, 6.07) is 3.30. The topological polar surface area (TPSA) is 71.0 Å².